The third kappa shape index (κ3) is 2.05. The molecule has 0 heterocycles. The van der Waals surface area contributed by atoms with Crippen LogP contribution in [0.4, 0.5) is 0 Å². The molecular weight excluding hydrogens is 172 g/mol. The number of aliphatic hydroxyl groups is 1. The number of hydrogen-bond acceptors (Lipinski definition) is 1. The van der Waals surface area contributed by atoms with E-state index in [9.17, 15) is 0 Å². The molecule has 0 aromatic heterocycles. The zero-order valence-electron chi connectivity index (χ0n) is 8.88. The summed E-state index contributed by atoms with van der Waals surface area (Å²) in [6.45, 7) is 8.00. The van der Waals surface area contributed by atoms with Gasteiger partial charge in [-0.3, -0.25) is 0 Å². The quantitative estimate of drug-likeness (QED) is 0.772. The van der Waals surface area contributed by atoms with Gasteiger partial charge in [-0.1, -0.05) is 44.7 Å². The maximum Gasteiger partial charge on any atom is 0.0534 e. The van der Waals surface area contributed by atoms with E-state index in [2.05, 4.69) is 19.6 Å². The minimum atomic E-state index is 0.105. The maximum atomic E-state index is 9.10. The number of rotatable bonds is 4. The van der Waals surface area contributed by atoms with E-state index in [0.29, 0.717) is 0 Å². The van der Waals surface area contributed by atoms with Crippen molar-refractivity contribution in [2.75, 3.05) is 6.61 Å². The summed E-state index contributed by atoms with van der Waals surface area (Å²) < 4.78 is 0. The molecule has 1 N–H and O–H groups in total. The van der Waals surface area contributed by atoms with Crippen molar-refractivity contribution in [2.24, 2.45) is 0 Å². The van der Waals surface area contributed by atoms with Crippen LogP contribution < -0.4 is 0 Å². The molecule has 0 aliphatic rings. The van der Waals surface area contributed by atoms with E-state index in [4.69, 9.17) is 5.11 Å². The van der Waals surface area contributed by atoms with Gasteiger partial charge in [-0.05, 0) is 23.1 Å². The van der Waals surface area contributed by atoms with Gasteiger partial charge in [0.25, 0.3) is 0 Å². The monoisotopic (exact) mass is 189 g/mol. The zero-order chi connectivity index (χ0) is 10.6. The molecule has 0 aliphatic carbocycles. The zero-order valence-corrected chi connectivity index (χ0v) is 8.88. The van der Waals surface area contributed by atoms with Gasteiger partial charge in [-0.25, -0.2) is 0 Å². The molecule has 0 saturated heterocycles. The summed E-state index contributed by atoms with van der Waals surface area (Å²) >= 11 is 0. The van der Waals surface area contributed by atoms with Gasteiger partial charge in [0.15, 0.2) is 0 Å². The Balaban J connectivity index is 3.21. The Hall–Kier alpha value is -1.08. The lowest BCUT2D eigenvalue weighted by molar-refractivity contribution is 0.315. The first-order chi connectivity index (χ1) is 6.74. The second-order valence-corrected chi connectivity index (χ2v) is 3.37. The first-order valence-corrected chi connectivity index (χ1v) is 4.92. The van der Waals surface area contributed by atoms with Crippen molar-refractivity contribution in [1.82, 2.24) is 0 Å². The molecule has 1 aromatic carbocycles. The molecule has 1 radical (unpaired) electrons. The summed E-state index contributed by atoms with van der Waals surface area (Å²) in [5.41, 5.74) is 3.55. The molecule has 1 heteroatoms. The van der Waals surface area contributed by atoms with Crippen molar-refractivity contribution in [3.8, 4) is 0 Å². The molecule has 0 bridgehead atoms. The van der Waals surface area contributed by atoms with Crippen LogP contribution in [0.25, 0.3) is 6.08 Å². The fourth-order valence-corrected chi connectivity index (χ4v) is 1.62. The van der Waals surface area contributed by atoms with Crippen molar-refractivity contribution in [3.05, 3.63) is 47.4 Å². The summed E-state index contributed by atoms with van der Waals surface area (Å²) in [4.78, 5) is 0. The van der Waals surface area contributed by atoms with E-state index in [1.807, 2.05) is 25.1 Å². The normalized spacial score (nSPS) is 10.6. The van der Waals surface area contributed by atoms with Crippen molar-refractivity contribution < 1.29 is 5.11 Å². The Kier molecular flexibility index (Phi) is 3.90. The fraction of sp³-hybridized carbons (Fsp3) is 0.308. The third-order valence-electron chi connectivity index (χ3n) is 2.48. The van der Waals surface area contributed by atoms with Crippen molar-refractivity contribution in [3.63, 3.8) is 0 Å². The smallest absolute Gasteiger partial charge is 0.0534 e. The summed E-state index contributed by atoms with van der Waals surface area (Å²) in [6, 6.07) is 6.16. The third-order valence-corrected chi connectivity index (χ3v) is 2.48. The van der Waals surface area contributed by atoms with Crippen LogP contribution in [0.2, 0.25) is 0 Å². The van der Waals surface area contributed by atoms with Gasteiger partial charge in [0.1, 0.15) is 0 Å². The van der Waals surface area contributed by atoms with E-state index in [1.165, 1.54) is 5.56 Å². The van der Waals surface area contributed by atoms with Gasteiger partial charge in [0, 0.05) is 5.92 Å². The number of aliphatic hydroxyl groups excluding tert-OH is 1. The highest BCUT2D eigenvalue weighted by Crippen LogP contribution is 2.23. The number of benzene rings is 1. The molecule has 1 aromatic rings. The second-order valence-electron chi connectivity index (χ2n) is 3.37. The average Bonchev–Trinajstić information content (AvgIpc) is 2.26. The maximum absolute atomic E-state index is 9.10. The minimum absolute atomic E-state index is 0.105. The summed E-state index contributed by atoms with van der Waals surface area (Å²) in [7, 11) is 0. The summed E-state index contributed by atoms with van der Waals surface area (Å²) in [5, 5.41) is 9.10. The van der Waals surface area contributed by atoms with E-state index in [1.54, 1.807) is 0 Å². The number of aryl methyl sites for hydroxylation is 1. The second kappa shape index (κ2) is 4.97. The van der Waals surface area contributed by atoms with E-state index >= 15 is 0 Å². The molecule has 0 fully saturated rings. The molecule has 0 aliphatic heterocycles. The highest BCUT2D eigenvalue weighted by Gasteiger charge is 2.10. The lowest BCUT2D eigenvalue weighted by Crippen LogP contribution is -2.04. The lowest BCUT2D eigenvalue weighted by atomic mass is 9.92. The molecule has 1 nitrogen and oxygen atoms in total. The van der Waals surface area contributed by atoms with Crippen LogP contribution in [0.15, 0.2) is 24.8 Å². The number of hydrogen-bond donors (Lipinski definition) is 1. The van der Waals surface area contributed by atoms with E-state index < -0.39 is 0 Å². The average molecular weight is 189 g/mol. The van der Waals surface area contributed by atoms with Crippen LogP contribution in [-0.4, -0.2) is 11.7 Å². The van der Waals surface area contributed by atoms with Gasteiger partial charge in [-0.2, -0.15) is 0 Å². The summed E-state index contributed by atoms with van der Waals surface area (Å²) in [5.74, 6) is 0.996. The molecule has 1 rings (SSSR count). The van der Waals surface area contributed by atoms with Crippen molar-refractivity contribution in [1.29, 1.82) is 0 Å². The van der Waals surface area contributed by atoms with Crippen LogP contribution >= 0.6 is 0 Å². The molecule has 14 heavy (non-hydrogen) atoms. The van der Waals surface area contributed by atoms with Crippen LogP contribution in [0, 0.1) is 5.92 Å². The van der Waals surface area contributed by atoms with Crippen molar-refractivity contribution >= 4 is 6.08 Å². The van der Waals surface area contributed by atoms with Crippen LogP contribution in [0.5, 0.6) is 0 Å². The Bertz CT molecular complexity index is 315. The Morgan fingerprint density at radius 1 is 1.50 bits per heavy atom. The van der Waals surface area contributed by atoms with E-state index in [-0.39, 0.29) is 6.61 Å². The van der Waals surface area contributed by atoms with Gasteiger partial charge in [-0.15, -0.1) is 0 Å². The SMILES string of the molecule is C=Cc1c(CC)cccc1[C](C)CO. The molecule has 0 amide bonds. The fourth-order valence-electron chi connectivity index (χ4n) is 1.62. The van der Waals surface area contributed by atoms with Crippen molar-refractivity contribution in [2.45, 2.75) is 20.3 Å². The minimum Gasteiger partial charge on any atom is -0.395 e. The highest BCUT2D eigenvalue weighted by molar-refractivity contribution is 5.60. The molecule has 0 spiro atoms. The topological polar surface area (TPSA) is 20.2 Å². The highest BCUT2D eigenvalue weighted by atomic mass is 16.3. The Morgan fingerprint density at radius 3 is 2.71 bits per heavy atom. The van der Waals surface area contributed by atoms with Crippen LogP contribution in [0.3, 0.4) is 0 Å². The molecule has 0 atom stereocenters. The molecule has 0 unspecified atom stereocenters. The first-order valence-electron chi connectivity index (χ1n) is 4.92. The molecule has 0 saturated carbocycles. The van der Waals surface area contributed by atoms with Gasteiger partial charge >= 0.3 is 0 Å². The summed E-state index contributed by atoms with van der Waals surface area (Å²) in [6.07, 6.45) is 2.86. The van der Waals surface area contributed by atoms with E-state index in [0.717, 1.165) is 23.5 Å². The van der Waals surface area contributed by atoms with Crippen LogP contribution in [0.1, 0.15) is 30.5 Å². The van der Waals surface area contributed by atoms with Gasteiger partial charge in [0.05, 0.1) is 6.61 Å². The predicted molar refractivity (Wildman–Crippen MR) is 61.0 cm³/mol. The largest absolute Gasteiger partial charge is 0.395 e. The lowest BCUT2D eigenvalue weighted by Gasteiger charge is -2.14. The first kappa shape index (κ1) is 11.0. The standard InChI is InChI=1S/C13H17O/c1-4-11-7-6-8-13(10(3)9-14)12(11)5-2/h5-8,14H,2,4,9H2,1,3H3. The predicted octanol–water partition coefficient (Wildman–Crippen LogP) is 2.83. The molecule has 75 valence electrons. The molecular formula is C13H17O. The van der Waals surface area contributed by atoms with Gasteiger partial charge < -0.3 is 5.11 Å². The Morgan fingerprint density at radius 2 is 2.21 bits per heavy atom. The van der Waals surface area contributed by atoms with Crippen LogP contribution in [-0.2, 0) is 6.42 Å². The Labute approximate surface area is 86.1 Å². The van der Waals surface area contributed by atoms with Gasteiger partial charge in [0.2, 0.25) is 0 Å².